The van der Waals surface area contributed by atoms with Crippen LogP contribution in [0.4, 0.5) is 4.39 Å². The summed E-state index contributed by atoms with van der Waals surface area (Å²) in [5, 5.41) is 0. The zero-order valence-corrected chi connectivity index (χ0v) is 13.5. The van der Waals surface area contributed by atoms with Gasteiger partial charge in [0.25, 0.3) is 0 Å². The standard InChI is InChI=1S/C17H15FO4S/c1-21-16-9-11(23-2)7-8-13(16)17(20)22-10-15(19)12-5-3-4-6-14(12)18/h3-9H,10H2,1-2H3. The van der Waals surface area contributed by atoms with Crippen molar-refractivity contribution in [1.29, 1.82) is 0 Å². The van der Waals surface area contributed by atoms with E-state index in [4.69, 9.17) is 9.47 Å². The number of thioether (sulfide) groups is 1. The van der Waals surface area contributed by atoms with Gasteiger partial charge < -0.3 is 9.47 Å². The van der Waals surface area contributed by atoms with E-state index in [1.165, 1.54) is 37.1 Å². The van der Waals surface area contributed by atoms with Gasteiger partial charge in [-0.3, -0.25) is 4.79 Å². The van der Waals surface area contributed by atoms with E-state index >= 15 is 0 Å². The van der Waals surface area contributed by atoms with Crippen LogP contribution in [0.5, 0.6) is 5.75 Å². The highest BCUT2D eigenvalue weighted by Gasteiger charge is 2.17. The number of carbonyl (C=O) groups excluding carboxylic acids is 2. The minimum Gasteiger partial charge on any atom is -0.496 e. The lowest BCUT2D eigenvalue weighted by atomic mass is 10.1. The average molecular weight is 334 g/mol. The molecule has 0 aliphatic carbocycles. The summed E-state index contributed by atoms with van der Waals surface area (Å²) in [7, 11) is 1.45. The Bertz CT molecular complexity index is 730. The first-order valence-corrected chi connectivity index (χ1v) is 7.96. The Labute approximate surface area is 137 Å². The molecule has 0 radical (unpaired) electrons. The van der Waals surface area contributed by atoms with Crippen molar-refractivity contribution in [3.63, 3.8) is 0 Å². The Morgan fingerprint density at radius 3 is 2.52 bits per heavy atom. The fourth-order valence-corrected chi connectivity index (χ4v) is 2.37. The number of Topliss-reactive ketones (excluding diaryl/α,β-unsaturated/α-hetero) is 1. The molecule has 0 aromatic heterocycles. The normalized spacial score (nSPS) is 10.2. The van der Waals surface area contributed by atoms with E-state index in [2.05, 4.69) is 0 Å². The lowest BCUT2D eigenvalue weighted by Crippen LogP contribution is -2.16. The third-order valence-electron chi connectivity index (χ3n) is 3.14. The summed E-state index contributed by atoms with van der Waals surface area (Å²) in [4.78, 5) is 24.9. The third kappa shape index (κ3) is 4.10. The molecule has 0 N–H and O–H groups in total. The van der Waals surface area contributed by atoms with Crippen LogP contribution in [0.15, 0.2) is 47.4 Å². The van der Waals surface area contributed by atoms with Gasteiger partial charge in [-0.05, 0) is 36.6 Å². The van der Waals surface area contributed by atoms with Crippen LogP contribution in [-0.2, 0) is 4.74 Å². The van der Waals surface area contributed by atoms with E-state index in [0.29, 0.717) is 5.75 Å². The summed E-state index contributed by atoms with van der Waals surface area (Å²) in [5.74, 6) is -1.58. The van der Waals surface area contributed by atoms with Crippen LogP contribution in [0, 0.1) is 5.82 Å². The first-order valence-electron chi connectivity index (χ1n) is 6.73. The van der Waals surface area contributed by atoms with Crippen LogP contribution in [-0.4, -0.2) is 31.7 Å². The van der Waals surface area contributed by atoms with Crippen LogP contribution in [0.3, 0.4) is 0 Å². The summed E-state index contributed by atoms with van der Waals surface area (Å²) >= 11 is 1.51. The van der Waals surface area contributed by atoms with E-state index in [0.717, 1.165) is 4.90 Å². The molecule has 0 heterocycles. The Balaban J connectivity index is 2.08. The minimum absolute atomic E-state index is 0.106. The fourth-order valence-electron chi connectivity index (χ4n) is 1.94. The highest BCUT2D eigenvalue weighted by Crippen LogP contribution is 2.26. The molecule has 23 heavy (non-hydrogen) atoms. The first kappa shape index (κ1) is 17.0. The molecular formula is C17H15FO4S. The maximum atomic E-state index is 13.5. The van der Waals surface area contributed by atoms with Gasteiger partial charge in [0.1, 0.15) is 17.1 Å². The number of carbonyl (C=O) groups is 2. The van der Waals surface area contributed by atoms with Gasteiger partial charge in [0.15, 0.2) is 6.61 Å². The number of halogens is 1. The predicted molar refractivity (Wildman–Crippen MR) is 85.8 cm³/mol. The second-order valence-corrected chi connectivity index (χ2v) is 5.43. The molecule has 4 nitrogen and oxygen atoms in total. The molecule has 0 amide bonds. The number of ketones is 1. The Morgan fingerprint density at radius 2 is 1.87 bits per heavy atom. The van der Waals surface area contributed by atoms with Crippen molar-refractivity contribution >= 4 is 23.5 Å². The van der Waals surface area contributed by atoms with Crippen LogP contribution in [0.1, 0.15) is 20.7 Å². The number of benzene rings is 2. The molecule has 2 aromatic rings. The van der Waals surface area contributed by atoms with Crippen molar-refractivity contribution in [2.45, 2.75) is 4.90 Å². The predicted octanol–water partition coefficient (Wildman–Crippen LogP) is 3.60. The number of methoxy groups -OCH3 is 1. The molecule has 0 saturated carbocycles. The summed E-state index contributed by atoms with van der Waals surface area (Å²) < 4.78 is 23.6. The minimum atomic E-state index is -0.695. The van der Waals surface area contributed by atoms with Gasteiger partial charge in [-0.15, -0.1) is 11.8 Å². The lowest BCUT2D eigenvalue weighted by Gasteiger charge is -2.10. The van der Waals surface area contributed by atoms with E-state index in [1.807, 2.05) is 6.26 Å². The molecule has 2 rings (SSSR count). The summed E-state index contributed by atoms with van der Waals surface area (Å²) in [6.07, 6.45) is 1.90. The van der Waals surface area contributed by atoms with Gasteiger partial charge in [0, 0.05) is 4.90 Å². The van der Waals surface area contributed by atoms with E-state index < -0.39 is 24.2 Å². The monoisotopic (exact) mass is 334 g/mol. The lowest BCUT2D eigenvalue weighted by molar-refractivity contribution is 0.0470. The number of ether oxygens (including phenoxy) is 2. The summed E-state index contributed by atoms with van der Waals surface area (Å²) in [5.41, 5.74) is 0.108. The topological polar surface area (TPSA) is 52.6 Å². The molecule has 0 saturated heterocycles. The van der Waals surface area contributed by atoms with Gasteiger partial charge in [-0.25, -0.2) is 9.18 Å². The highest BCUT2D eigenvalue weighted by molar-refractivity contribution is 7.98. The fraction of sp³-hybridized carbons (Fsp3) is 0.176. The molecule has 120 valence electrons. The van der Waals surface area contributed by atoms with E-state index in [9.17, 15) is 14.0 Å². The van der Waals surface area contributed by atoms with Crippen molar-refractivity contribution in [3.05, 3.63) is 59.4 Å². The molecule has 0 bridgehead atoms. The van der Waals surface area contributed by atoms with Crippen molar-refractivity contribution in [2.75, 3.05) is 20.0 Å². The SMILES string of the molecule is COc1cc(SC)ccc1C(=O)OCC(=O)c1ccccc1F. The zero-order chi connectivity index (χ0) is 16.8. The molecule has 2 aromatic carbocycles. The van der Waals surface area contributed by atoms with Crippen LogP contribution in [0.25, 0.3) is 0 Å². The van der Waals surface area contributed by atoms with Crippen LogP contribution >= 0.6 is 11.8 Å². The first-order chi connectivity index (χ1) is 11.1. The van der Waals surface area contributed by atoms with Crippen molar-refractivity contribution in [1.82, 2.24) is 0 Å². The summed E-state index contributed by atoms with van der Waals surface area (Å²) in [6, 6.07) is 10.6. The molecule has 0 atom stereocenters. The van der Waals surface area contributed by atoms with E-state index in [1.54, 1.807) is 24.3 Å². The number of rotatable bonds is 6. The number of esters is 1. The molecule has 0 aliphatic rings. The Morgan fingerprint density at radius 1 is 1.13 bits per heavy atom. The molecule has 0 spiro atoms. The van der Waals surface area contributed by atoms with Gasteiger partial charge in [0.2, 0.25) is 5.78 Å². The number of hydrogen-bond donors (Lipinski definition) is 0. The van der Waals surface area contributed by atoms with Crippen molar-refractivity contribution < 1.29 is 23.5 Å². The molecule has 6 heteroatoms. The number of hydrogen-bond acceptors (Lipinski definition) is 5. The largest absolute Gasteiger partial charge is 0.496 e. The van der Waals surface area contributed by atoms with Gasteiger partial charge in [0.05, 0.1) is 12.7 Å². The maximum Gasteiger partial charge on any atom is 0.342 e. The average Bonchev–Trinajstić information content (AvgIpc) is 2.59. The maximum absolute atomic E-state index is 13.5. The highest BCUT2D eigenvalue weighted by atomic mass is 32.2. The van der Waals surface area contributed by atoms with Gasteiger partial charge in [-0.1, -0.05) is 12.1 Å². The Hall–Kier alpha value is -2.34. The molecule has 0 aliphatic heterocycles. The Kier molecular flexibility index (Phi) is 5.76. The second-order valence-electron chi connectivity index (χ2n) is 4.55. The third-order valence-corrected chi connectivity index (χ3v) is 3.86. The summed E-state index contributed by atoms with van der Waals surface area (Å²) in [6.45, 7) is -0.535. The zero-order valence-electron chi connectivity index (χ0n) is 12.7. The van der Waals surface area contributed by atoms with Crippen molar-refractivity contribution in [3.8, 4) is 5.75 Å². The van der Waals surface area contributed by atoms with Crippen molar-refractivity contribution in [2.24, 2.45) is 0 Å². The molecular weight excluding hydrogens is 319 g/mol. The second kappa shape index (κ2) is 7.78. The van der Waals surface area contributed by atoms with E-state index in [-0.39, 0.29) is 11.1 Å². The smallest absolute Gasteiger partial charge is 0.342 e. The van der Waals surface area contributed by atoms with Crippen LogP contribution < -0.4 is 4.74 Å². The van der Waals surface area contributed by atoms with Gasteiger partial charge in [-0.2, -0.15) is 0 Å². The molecule has 0 unspecified atom stereocenters. The van der Waals surface area contributed by atoms with Gasteiger partial charge >= 0.3 is 5.97 Å². The quantitative estimate of drug-likeness (QED) is 0.459. The van der Waals surface area contributed by atoms with Crippen LogP contribution in [0.2, 0.25) is 0 Å². The molecule has 0 fully saturated rings.